The van der Waals surface area contributed by atoms with Gasteiger partial charge in [0, 0.05) is 41.1 Å². The van der Waals surface area contributed by atoms with Crippen molar-refractivity contribution in [3.63, 3.8) is 0 Å². The fourth-order valence-corrected chi connectivity index (χ4v) is 2.81. The Bertz CT molecular complexity index is 908. The van der Waals surface area contributed by atoms with E-state index in [0.717, 1.165) is 22.3 Å². The molecule has 1 unspecified atom stereocenters. The molecule has 2 aromatic heterocycles. The molecule has 5 nitrogen and oxygen atoms in total. The number of pyridine rings is 1. The van der Waals surface area contributed by atoms with Gasteiger partial charge in [-0.3, -0.25) is 4.79 Å². The molecule has 0 aliphatic rings. The van der Waals surface area contributed by atoms with Crippen LogP contribution in [-0.4, -0.2) is 20.6 Å². The summed E-state index contributed by atoms with van der Waals surface area (Å²) in [6.45, 7) is 6.23. The van der Waals surface area contributed by atoms with Gasteiger partial charge in [0.05, 0.1) is 0 Å². The summed E-state index contributed by atoms with van der Waals surface area (Å²) in [7, 11) is 0. The molecule has 1 atom stereocenters. The van der Waals surface area contributed by atoms with Gasteiger partial charge in [-0.05, 0) is 38.3 Å². The summed E-state index contributed by atoms with van der Waals surface area (Å²) in [5.41, 5.74) is 8.51. The molecule has 1 aromatic carbocycles. The van der Waals surface area contributed by atoms with Crippen molar-refractivity contribution in [3.8, 4) is 11.4 Å². The Morgan fingerprint density at radius 2 is 1.74 bits per heavy atom. The van der Waals surface area contributed by atoms with Crippen molar-refractivity contribution >= 4 is 10.8 Å². The maximum absolute atomic E-state index is 12.6. The number of hydrogen-bond donors (Lipinski definition) is 1. The smallest absolute Gasteiger partial charge is 0.258 e. The average Bonchev–Trinajstić information content (AvgIpc) is 2.49. The normalized spacial score (nSPS) is 12.5. The largest absolute Gasteiger partial charge is 0.326 e. The summed E-state index contributed by atoms with van der Waals surface area (Å²) in [6, 6.07) is 9.38. The predicted octanol–water partition coefficient (Wildman–Crippen LogP) is 2.42. The average molecular weight is 308 g/mol. The highest BCUT2D eigenvalue weighted by Gasteiger charge is 2.13. The number of nitrogens with zero attached hydrogens (tertiary/aromatic N) is 3. The van der Waals surface area contributed by atoms with Crippen molar-refractivity contribution < 1.29 is 0 Å². The summed E-state index contributed by atoms with van der Waals surface area (Å²) < 4.78 is 1.66. The van der Waals surface area contributed by atoms with Gasteiger partial charge in [0.25, 0.3) is 5.56 Å². The molecule has 3 rings (SSSR count). The van der Waals surface area contributed by atoms with Crippen LogP contribution in [0.15, 0.2) is 41.3 Å². The van der Waals surface area contributed by atoms with Crippen LogP contribution in [0.5, 0.6) is 0 Å². The molecule has 0 aliphatic heterocycles. The molecule has 0 amide bonds. The van der Waals surface area contributed by atoms with E-state index in [0.29, 0.717) is 17.8 Å². The molecule has 0 aliphatic carbocycles. The van der Waals surface area contributed by atoms with Gasteiger partial charge in [-0.2, -0.15) is 0 Å². The Morgan fingerprint density at radius 3 is 2.35 bits per heavy atom. The highest BCUT2D eigenvalue weighted by Crippen LogP contribution is 2.24. The molecule has 118 valence electrons. The monoisotopic (exact) mass is 308 g/mol. The first-order chi connectivity index (χ1) is 11.0. The number of nitrogens with two attached hydrogens (primary N) is 1. The zero-order valence-electron chi connectivity index (χ0n) is 13.6. The Hall–Kier alpha value is -2.53. The van der Waals surface area contributed by atoms with Crippen molar-refractivity contribution in [1.29, 1.82) is 0 Å². The van der Waals surface area contributed by atoms with E-state index in [4.69, 9.17) is 5.73 Å². The topological polar surface area (TPSA) is 73.8 Å². The maximum atomic E-state index is 12.6. The van der Waals surface area contributed by atoms with Gasteiger partial charge >= 0.3 is 0 Å². The Labute approximate surface area is 134 Å². The summed E-state index contributed by atoms with van der Waals surface area (Å²) in [5, 5.41) is 1.52. The first kappa shape index (κ1) is 15.4. The summed E-state index contributed by atoms with van der Waals surface area (Å²) in [5.74, 6) is 0.636. The number of aromatic nitrogens is 3. The van der Waals surface area contributed by atoms with E-state index in [-0.39, 0.29) is 11.6 Å². The standard InChI is InChI=1S/C18H20N4O/c1-11(19)9-22-10-16(17-20-12(2)8-13(3)21-17)14-6-4-5-7-15(14)18(22)23/h4-8,10-11H,9,19H2,1-3H3. The van der Waals surface area contributed by atoms with Crippen LogP contribution in [0.1, 0.15) is 18.3 Å². The molecular formula is C18H20N4O. The summed E-state index contributed by atoms with van der Waals surface area (Å²) in [4.78, 5) is 21.7. The molecule has 2 heterocycles. The van der Waals surface area contributed by atoms with Crippen LogP contribution in [0.25, 0.3) is 22.2 Å². The van der Waals surface area contributed by atoms with Gasteiger partial charge in [-0.25, -0.2) is 9.97 Å². The second-order valence-electron chi connectivity index (χ2n) is 6.00. The van der Waals surface area contributed by atoms with Crippen molar-refractivity contribution in [1.82, 2.24) is 14.5 Å². The van der Waals surface area contributed by atoms with Gasteiger partial charge in [0.15, 0.2) is 5.82 Å². The predicted molar refractivity (Wildman–Crippen MR) is 92.4 cm³/mol. The van der Waals surface area contributed by atoms with Crippen molar-refractivity contribution in [2.24, 2.45) is 5.73 Å². The fraction of sp³-hybridized carbons (Fsp3) is 0.278. The third kappa shape index (κ3) is 3.00. The summed E-state index contributed by atoms with van der Waals surface area (Å²) >= 11 is 0. The highest BCUT2D eigenvalue weighted by molar-refractivity contribution is 5.94. The van der Waals surface area contributed by atoms with Crippen LogP contribution in [-0.2, 0) is 6.54 Å². The van der Waals surface area contributed by atoms with Crippen LogP contribution >= 0.6 is 0 Å². The van der Waals surface area contributed by atoms with Crippen molar-refractivity contribution in [2.45, 2.75) is 33.4 Å². The van der Waals surface area contributed by atoms with Crippen molar-refractivity contribution in [2.75, 3.05) is 0 Å². The Morgan fingerprint density at radius 1 is 1.13 bits per heavy atom. The van der Waals surface area contributed by atoms with Crippen LogP contribution in [0.4, 0.5) is 0 Å². The number of hydrogen-bond acceptors (Lipinski definition) is 4. The van der Waals surface area contributed by atoms with E-state index in [1.807, 2.05) is 57.3 Å². The second kappa shape index (κ2) is 5.93. The van der Waals surface area contributed by atoms with E-state index in [1.165, 1.54) is 0 Å². The molecule has 0 spiro atoms. The fourth-order valence-electron chi connectivity index (χ4n) is 2.81. The molecular weight excluding hydrogens is 288 g/mol. The molecule has 0 bridgehead atoms. The van der Waals surface area contributed by atoms with Crippen LogP contribution in [0.2, 0.25) is 0 Å². The van der Waals surface area contributed by atoms with E-state index >= 15 is 0 Å². The van der Waals surface area contributed by atoms with E-state index in [9.17, 15) is 4.79 Å². The zero-order chi connectivity index (χ0) is 16.6. The van der Waals surface area contributed by atoms with E-state index < -0.39 is 0 Å². The molecule has 0 saturated heterocycles. The quantitative estimate of drug-likeness (QED) is 0.806. The van der Waals surface area contributed by atoms with Crippen LogP contribution in [0.3, 0.4) is 0 Å². The first-order valence-electron chi connectivity index (χ1n) is 7.66. The summed E-state index contributed by atoms with van der Waals surface area (Å²) in [6.07, 6.45) is 1.82. The minimum absolute atomic E-state index is 0.0361. The van der Waals surface area contributed by atoms with Gasteiger partial charge in [-0.15, -0.1) is 0 Å². The van der Waals surface area contributed by atoms with E-state index in [2.05, 4.69) is 9.97 Å². The van der Waals surface area contributed by atoms with E-state index in [1.54, 1.807) is 4.57 Å². The Kier molecular flexibility index (Phi) is 3.96. The number of benzene rings is 1. The SMILES string of the molecule is Cc1cc(C)nc(-c2cn(CC(C)N)c(=O)c3ccccc23)n1. The third-order valence-corrected chi connectivity index (χ3v) is 3.70. The third-order valence-electron chi connectivity index (χ3n) is 3.70. The minimum atomic E-state index is -0.109. The van der Waals surface area contributed by atoms with Gasteiger partial charge < -0.3 is 10.3 Å². The molecule has 23 heavy (non-hydrogen) atoms. The molecule has 0 saturated carbocycles. The zero-order valence-corrected chi connectivity index (χ0v) is 13.6. The van der Waals surface area contributed by atoms with Gasteiger partial charge in [0.1, 0.15) is 0 Å². The second-order valence-corrected chi connectivity index (χ2v) is 6.00. The molecule has 2 N–H and O–H groups in total. The molecule has 3 aromatic rings. The van der Waals surface area contributed by atoms with Gasteiger partial charge in [0.2, 0.25) is 0 Å². The minimum Gasteiger partial charge on any atom is -0.326 e. The van der Waals surface area contributed by atoms with Crippen LogP contribution in [0, 0.1) is 13.8 Å². The first-order valence-corrected chi connectivity index (χ1v) is 7.66. The molecule has 0 radical (unpaired) electrons. The number of aryl methyl sites for hydroxylation is 2. The molecule has 5 heteroatoms. The lowest BCUT2D eigenvalue weighted by Gasteiger charge is -2.14. The van der Waals surface area contributed by atoms with Crippen molar-refractivity contribution in [3.05, 3.63) is 58.3 Å². The lowest BCUT2D eigenvalue weighted by atomic mass is 10.1. The highest BCUT2D eigenvalue weighted by atomic mass is 16.1. The lowest BCUT2D eigenvalue weighted by Crippen LogP contribution is -2.29. The molecule has 0 fully saturated rings. The Balaban J connectivity index is 2.34. The number of fused-ring (bicyclic) bond motifs is 1. The maximum Gasteiger partial charge on any atom is 0.258 e. The number of rotatable bonds is 3. The lowest BCUT2D eigenvalue weighted by molar-refractivity contribution is 0.577. The van der Waals surface area contributed by atoms with Crippen LogP contribution < -0.4 is 11.3 Å². The van der Waals surface area contributed by atoms with Gasteiger partial charge in [-0.1, -0.05) is 18.2 Å².